The van der Waals surface area contributed by atoms with Gasteiger partial charge in [0.1, 0.15) is 11.4 Å². The molecule has 1 atom stereocenters. The molecule has 3 aromatic rings. The second-order valence-electron chi connectivity index (χ2n) is 6.10. The molecule has 4 rings (SSSR count). The number of carbonyl (C=O) groups excluding carboxylic acids is 1. The minimum atomic E-state index is -0.170. The number of thioether (sulfide) groups is 1. The van der Waals surface area contributed by atoms with Gasteiger partial charge in [-0.2, -0.15) is 5.10 Å². The van der Waals surface area contributed by atoms with Crippen LogP contribution in [0.25, 0.3) is 16.7 Å². The molecule has 0 saturated carbocycles. The van der Waals surface area contributed by atoms with Crippen LogP contribution in [-0.4, -0.2) is 48.9 Å². The van der Waals surface area contributed by atoms with E-state index in [9.17, 15) is 4.79 Å². The normalized spacial score (nSPS) is 15.6. The number of likely N-dealkylation sites (tertiary alicyclic amines) is 1. The number of hydrogen-bond donors (Lipinski definition) is 0. The van der Waals surface area contributed by atoms with Crippen molar-refractivity contribution < 1.29 is 4.79 Å². The fourth-order valence-corrected chi connectivity index (χ4v) is 4.05. The highest BCUT2D eigenvalue weighted by Gasteiger charge is 2.25. The van der Waals surface area contributed by atoms with Crippen LogP contribution in [0.2, 0.25) is 0 Å². The average Bonchev–Trinajstić information content (AvgIpc) is 3.32. The topological polar surface area (TPSA) is 63.9 Å². The van der Waals surface area contributed by atoms with Gasteiger partial charge in [0.25, 0.3) is 0 Å². The smallest absolute Gasteiger partial charge is 0.235 e. The number of para-hydroxylation sites is 1. The molecule has 1 fully saturated rings. The van der Waals surface area contributed by atoms with Crippen LogP contribution in [0.1, 0.15) is 19.8 Å². The number of nitrogens with zero attached hydrogens (tertiary/aromatic N) is 5. The Labute approximate surface area is 150 Å². The van der Waals surface area contributed by atoms with Crippen LogP contribution < -0.4 is 0 Å². The zero-order valence-corrected chi connectivity index (χ0v) is 14.8. The Morgan fingerprint density at radius 3 is 2.68 bits per heavy atom. The monoisotopic (exact) mass is 353 g/mol. The number of benzene rings is 1. The van der Waals surface area contributed by atoms with Crippen molar-refractivity contribution in [3.05, 3.63) is 42.9 Å². The molecule has 0 N–H and O–H groups in total. The quantitative estimate of drug-likeness (QED) is 0.533. The molecule has 2 aromatic heterocycles. The van der Waals surface area contributed by atoms with E-state index in [1.165, 1.54) is 11.8 Å². The van der Waals surface area contributed by atoms with E-state index in [1.54, 1.807) is 17.2 Å². The second-order valence-corrected chi connectivity index (χ2v) is 7.43. The lowest BCUT2D eigenvalue weighted by Crippen LogP contribution is -2.34. The summed E-state index contributed by atoms with van der Waals surface area (Å²) in [6.45, 7) is 3.69. The number of amides is 1. The van der Waals surface area contributed by atoms with Gasteiger partial charge in [-0.3, -0.25) is 4.79 Å². The van der Waals surface area contributed by atoms with E-state index < -0.39 is 0 Å². The van der Waals surface area contributed by atoms with Crippen molar-refractivity contribution in [3.8, 4) is 5.69 Å². The minimum absolute atomic E-state index is 0.170. The molecule has 1 aliphatic rings. The zero-order chi connectivity index (χ0) is 17.2. The highest BCUT2D eigenvalue weighted by molar-refractivity contribution is 8.00. The highest BCUT2D eigenvalue weighted by Crippen LogP contribution is 2.30. The molecule has 0 aliphatic carbocycles. The van der Waals surface area contributed by atoms with Crippen LogP contribution >= 0.6 is 11.8 Å². The Bertz CT molecular complexity index is 889. The molecule has 0 bridgehead atoms. The highest BCUT2D eigenvalue weighted by atomic mass is 32.2. The Balaban J connectivity index is 1.62. The van der Waals surface area contributed by atoms with E-state index in [0.717, 1.165) is 47.7 Å². The average molecular weight is 353 g/mol. The third-order valence-electron chi connectivity index (χ3n) is 4.38. The van der Waals surface area contributed by atoms with E-state index >= 15 is 0 Å². The van der Waals surface area contributed by atoms with Gasteiger partial charge in [0.2, 0.25) is 5.91 Å². The Morgan fingerprint density at radius 2 is 1.92 bits per heavy atom. The van der Waals surface area contributed by atoms with Gasteiger partial charge in [-0.15, -0.1) is 0 Å². The van der Waals surface area contributed by atoms with Gasteiger partial charge in [0.15, 0.2) is 5.65 Å². The number of hydrogen-bond acceptors (Lipinski definition) is 5. The van der Waals surface area contributed by atoms with Crippen molar-refractivity contribution in [2.45, 2.75) is 30.0 Å². The lowest BCUT2D eigenvalue weighted by atomic mass is 10.3. The van der Waals surface area contributed by atoms with Crippen LogP contribution in [0.4, 0.5) is 0 Å². The third kappa shape index (κ3) is 3.11. The number of rotatable bonds is 4. The van der Waals surface area contributed by atoms with Crippen molar-refractivity contribution in [3.63, 3.8) is 0 Å². The summed E-state index contributed by atoms with van der Waals surface area (Å²) in [4.78, 5) is 23.3. The zero-order valence-electron chi connectivity index (χ0n) is 14.0. The summed E-state index contributed by atoms with van der Waals surface area (Å²) in [7, 11) is 0. The van der Waals surface area contributed by atoms with E-state index in [4.69, 9.17) is 0 Å². The first-order valence-electron chi connectivity index (χ1n) is 8.43. The summed E-state index contributed by atoms with van der Waals surface area (Å²) >= 11 is 1.48. The Kier molecular flexibility index (Phi) is 4.40. The summed E-state index contributed by atoms with van der Waals surface area (Å²) in [5.74, 6) is 0.185. The minimum Gasteiger partial charge on any atom is -0.342 e. The van der Waals surface area contributed by atoms with E-state index in [1.807, 2.05) is 42.2 Å². The maximum Gasteiger partial charge on any atom is 0.235 e. The van der Waals surface area contributed by atoms with Crippen LogP contribution in [-0.2, 0) is 4.79 Å². The molecule has 128 valence electrons. The molecule has 1 aromatic carbocycles. The predicted molar refractivity (Wildman–Crippen MR) is 97.8 cm³/mol. The van der Waals surface area contributed by atoms with Crippen molar-refractivity contribution in [2.24, 2.45) is 0 Å². The van der Waals surface area contributed by atoms with Crippen LogP contribution in [0.15, 0.2) is 47.9 Å². The molecule has 25 heavy (non-hydrogen) atoms. The van der Waals surface area contributed by atoms with Gasteiger partial charge in [-0.1, -0.05) is 30.0 Å². The van der Waals surface area contributed by atoms with Crippen molar-refractivity contribution in [1.82, 2.24) is 24.6 Å². The number of aromatic nitrogens is 4. The summed E-state index contributed by atoms with van der Waals surface area (Å²) < 4.78 is 1.80. The molecule has 1 amide bonds. The summed E-state index contributed by atoms with van der Waals surface area (Å²) in [6, 6.07) is 9.88. The first kappa shape index (κ1) is 16.1. The van der Waals surface area contributed by atoms with Gasteiger partial charge >= 0.3 is 0 Å². The maximum atomic E-state index is 12.6. The van der Waals surface area contributed by atoms with Crippen molar-refractivity contribution >= 4 is 28.7 Å². The first-order valence-corrected chi connectivity index (χ1v) is 9.31. The molecule has 6 nitrogen and oxygen atoms in total. The molecule has 0 radical (unpaired) electrons. The molecule has 1 saturated heterocycles. The standard InChI is InChI=1S/C18H19N5OS/c1-13(18(24)22-9-5-6-10-22)25-17-15-11-21-23(16(15)19-12-20-17)14-7-3-2-4-8-14/h2-4,7-8,11-13H,5-6,9-10H2,1H3. The van der Waals surface area contributed by atoms with Crippen molar-refractivity contribution in [1.29, 1.82) is 0 Å². The van der Waals surface area contributed by atoms with Gasteiger partial charge < -0.3 is 4.90 Å². The summed E-state index contributed by atoms with van der Waals surface area (Å²) in [6.07, 6.45) is 5.52. The van der Waals surface area contributed by atoms with Crippen LogP contribution in [0, 0.1) is 0 Å². The number of fused-ring (bicyclic) bond motifs is 1. The summed E-state index contributed by atoms with van der Waals surface area (Å²) in [5, 5.41) is 5.96. The lowest BCUT2D eigenvalue weighted by molar-refractivity contribution is -0.129. The molecular weight excluding hydrogens is 334 g/mol. The van der Waals surface area contributed by atoms with Crippen LogP contribution in [0.3, 0.4) is 0 Å². The second kappa shape index (κ2) is 6.84. The van der Waals surface area contributed by atoms with Gasteiger partial charge in [0.05, 0.1) is 22.5 Å². The largest absolute Gasteiger partial charge is 0.342 e. The Morgan fingerprint density at radius 1 is 1.16 bits per heavy atom. The summed E-state index contributed by atoms with van der Waals surface area (Å²) in [5.41, 5.74) is 1.71. The molecule has 7 heteroatoms. The van der Waals surface area contributed by atoms with Gasteiger partial charge in [-0.05, 0) is 31.9 Å². The molecule has 1 unspecified atom stereocenters. The predicted octanol–water partition coefficient (Wildman–Crippen LogP) is 2.92. The SMILES string of the molecule is CC(Sc1ncnc2c1cnn2-c1ccccc1)C(=O)N1CCCC1. The number of carbonyl (C=O) groups is 1. The third-order valence-corrected chi connectivity index (χ3v) is 5.49. The fourth-order valence-electron chi connectivity index (χ4n) is 3.09. The van der Waals surface area contributed by atoms with E-state index in [-0.39, 0.29) is 11.2 Å². The van der Waals surface area contributed by atoms with Crippen LogP contribution in [0.5, 0.6) is 0 Å². The maximum absolute atomic E-state index is 12.6. The van der Waals surface area contributed by atoms with E-state index in [0.29, 0.717) is 0 Å². The molecule has 0 spiro atoms. The lowest BCUT2D eigenvalue weighted by Gasteiger charge is -2.19. The van der Waals surface area contributed by atoms with Gasteiger partial charge in [0, 0.05) is 13.1 Å². The molecule has 3 heterocycles. The van der Waals surface area contributed by atoms with Gasteiger partial charge in [-0.25, -0.2) is 14.6 Å². The molecular formula is C18H19N5OS. The fraction of sp³-hybridized carbons (Fsp3) is 0.333. The first-order chi connectivity index (χ1) is 12.2. The van der Waals surface area contributed by atoms with Crippen molar-refractivity contribution in [2.75, 3.05) is 13.1 Å². The Hall–Kier alpha value is -2.41. The molecule has 1 aliphatic heterocycles. The van der Waals surface area contributed by atoms with E-state index in [2.05, 4.69) is 15.1 Å².